The molecule has 0 spiro atoms. The number of carbonyl (C=O) groups excluding carboxylic acids is 3. The fraction of sp³-hybridized carbons (Fsp3) is 0.167. The number of para-hydroxylation sites is 1. The molecule has 0 saturated heterocycles. The monoisotopic (exact) mass is 431 g/mol. The lowest BCUT2D eigenvalue weighted by Gasteiger charge is -2.18. The minimum absolute atomic E-state index is 0.0546. The van der Waals surface area contributed by atoms with E-state index in [4.69, 9.17) is 0 Å². The summed E-state index contributed by atoms with van der Waals surface area (Å²) >= 11 is 0. The molecule has 162 valence electrons. The second kappa shape index (κ2) is 8.50. The van der Waals surface area contributed by atoms with Gasteiger partial charge in [0.25, 0.3) is 5.91 Å². The van der Waals surface area contributed by atoms with Gasteiger partial charge in [0.05, 0.1) is 12.8 Å². The highest BCUT2D eigenvalue weighted by Crippen LogP contribution is 2.38. The van der Waals surface area contributed by atoms with Gasteiger partial charge in [-0.2, -0.15) is 0 Å². The molecule has 1 aromatic heterocycles. The minimum atomic E-state index is -0.827. The number of nitrogens with one attached hydrogen (secondary N) is 1. The SMILES string of the molecule is COC(=O)[C@H](C)NC(=O)CN1C(=O)C(=Cc2ccc(O)c3ncccc23)c2ccccc21. The molecule has 1 aliphatic heterocycles. The highest BCUT2D eigenvalue weighted by atomic mass is 16.5. The zero-order valence-corrected chi connectivity index (χ0v) is 17.5. The van der Waals surface area contributed by atoms with Crippen LogP contribution in [0.3, 0.4) is 0 Å². The van der Waals surface area contributed by atoms with Gasteiger partial charge in [0.2, 0.25) is 5.91 Å². The molecule has 4 rings (SSSR count). The van der Waals surface area contributed by atoms with E-state index in [1.54, 1.807) is 36.5 Å². The molecule has 0 bridgehead atoms. The summed E-state index contributed by atoms with van der Waals surface area (Å²) in [5.41, 5.74) is 2.87. The Morgan fingerprint density at radius 3 is 2.75 bits per heavy atom. The van der Waals surface area contributed by atoms with Gasteiger partial charge >= 0.3 is 5.97 Å². The highest BCUT2D eigenvalue weighted by Gasteiger charge is 2.33. The Morgan fingerprint density at radius 1 is 1.19 bits per heavy atom. The molecule has 8 nitrogen and oxygen atoms in total. The first-order chi connectivity index (χ1) is 15.4. The lowest BCUT2D eigenvalue weighted by atomic mass is 10.0. The third-order valence-corrected chi connectivity index (χ3v) is 5.28. The number of nitrogens with zero attached hydrogens (tertiary/aromatic N) is 2. The van der Waals surface area contributed by atoms with Crippen molar-refractivity contribution in [1.82, 2.24) is 10.3 Å². The maximum absolute atomic E-state index is 13.3. The van der Waals surface area contributed by atoms with Gasteiger partial charge in [0.1, 0.15) is 23.9 Å². The number of ether oxygens (including phenoxy) is 1. The Labute approximate surface area is 184 Å². The summed E-state index contributed by atoms with van der Waals surface area (Å²) in [6, 6.07) is 13.2. The number of aromatic hydroxyl groups is 1. The molecule has 2 amide bonds. The first-order valence-electron chi connectivity index (χ1n) is 9.97. The third-order valence-electron chi connectivity index (χ3n) is 5.28. The number of benzene rings is 2. The molecule has 3 aromatic rings. The second-order valence-corrected chi connectivity index (χ2v) is 7.35. The summed E-state index contributed by atoms with van der Waals surface area (Å²) in [6.07, 6.45) is 3.32. The summed E-state index contributed by atoms with van der Waals surface area (Å²) in [4.78, 5) is 43.0. The fourth-order valence-corrected chi connectivity index (χ4v) is 3.73. The van der Waals surface area contributed by atoms with Crippen molar-refractivity contribution >= 4 is 46.0 Å². The van der Waals surface area contributed by atoms with Crippen molar-refractivity contribution in [2.45, 2.75) is 13.0 Å². The van der Waals surface area contributed by atoms with Crippen molar-refractivity contribution in [3.8, 4) is 5.75 Å². The zero-order chi connectivity index (χ0) is 22.8. The molecular weight excluding hydrogens is 410 g/mol. The molecule has 1 aliphatic rings. The van der Waals surface area contributed by atoms with Crippen LogP contribution in [0.15, 0.2) is 54.7 Å². The molecule has 8 heteroatoms. The van der Waals surface area contributed by atoms with Crippen LogP contribution in [0.4, 0.5) is 5.69 Å². The van der Waals surface area contributed by atoms with Crippen molar-refractivity contribution in [3.63, 3.8) is 0 Å². The molecule has 0 fully saturated rings. The van der Waals surface area contributed by atoms with E-state index in [1.807, 2.05) is 18.2 Å². The van der Waals surface area contributed by atoms with Crippen LogP contribution in [-0.4, -0.2) is 47.6 Å². The lowest BCUT2D eigenvalue weighted by molar-refractivity contribution is -0.144. The maximum Gasteiger partial charge on any atom is 0.328 e. The third kappa shape index (κ3) is 3.78. The summed E-state index contributed by atoms with van der Waals surface area (Å²) < 4.78 is 4.62. The quantitative estimate of drug-likeness (QED) is 0.475. The first kappa shape index (κ1) is 21.0. The van der Waals surface area contributed by atoms with Crippen LogP contribution < -0.4 is 10.2 Å². The number of phenols is 1. The van der Waals surface area contributed by atoms with Crippen LogP contribution in [0.5, 0.6) is 5.75 Å². The summed E-state index contributed by atoms with van der Waals surface area (Å²) in [5, 5.41) is 13.3. The number of fused-ring (bicyclic) bond motifs is 2. The largest absolute Gasteiger partial charge is 0.506 e. The average molecular weight is 431 g/mol. The molecule has 32 heavy (non-hydrogen) atoms. The number of hydrogen-bond donors (Lipinski definition) is 2. The van der Waals surface area contributed by atoms with Gasteiger partial charge in [-0.15, -0.1) is 0 Å². The van der Waals surface area contributed by atoms with Gasteiger partial charge in [-0.1, -0.05) is 30.3 Å². The van der Waals surface area contributed by atoms with E-state index < -0.39 is 17.9 Å². The zero-order valence-electron chi connectivity index (χ0n) is 17.5. The number of pyridine rings is 1. The van der Waals surface area contributed by atoms with Crippen molar-refractivity contribution in [2.75, 3.05) is 18.6 Å². The van der Waals surface area contributed by atoms with Crippen LogP contribution in [0, 0.1) is 0 Å². The summed E-state index contributed by atoms with van der Waals surface area (Å²) in [7, 11) is 1.24. The number of aromatic nitrogens is 1. The molecule has 0 saturated carbocycles. The van der Waals surface area contributed by atoms with E-state index >= 15 is 0 Å². The Bertz CT molecular complexity index is 1270. The predicted molar refractivity (Wildman–Crippen MR) is 120 cm³/mol. The standard InChI is InChI=1S/C24H21N3O5/c1-14(24(31)32-2)26-21(29)13-27-19-8-4-3-6-17(19)18(23(27)30)12-15-9-10-20(28)22-16(15)7-5-11-25-22/h3-12,14,28H,13H2,1-2H3,(H,26,29)/t14-/m0/s1. The van der Waals surface area contributed by atoms with Crippen molar-refractivity contribution in [2.24, 2.45) is 0 Å². The van der Waals surface area contributed by atoms with Crippen LogP contribution >= 0.6 is 0 Å². The predicted octanol–water partition coefficient (Wildman–Crippen LogP) is 2.51. The molecule has 2 N–H and O–H groups in total. The smallest absolute Gasteiger partial charge is 0.328 e. The van der Waals surface area contributed by atoms with E-state index in [0.717, 1.165) is 5.56 Å². The van der Waals surface area contributed by atoms with E-state index in [0.29, 0.717) is 27.7 Å². The number of carbonyl (C=O) groups is 3. The molecule has 0 unspecified atom stereocenters. The number of anilines is 1. The molecule has 1 atom stereocenters. The van der Waals surface area contributed by atoms with Crippen LogP contribution in [-0.2, 0) is 19.1 Å². The molecule has 0 aliphatic carbocycles. The van der Waals surface area contributed by atoms with Gasteiger partial charge in [-0.05, 0) is 36.8 Å². The fourth-order valence-electron chi connectivity index (χ4n) is 3.73. The van der Waals surface area contributed by atoms with Crippen molar-refractivity contribution in [3.05, 3.63) is 65.9 Å². The Hall–Kier alpha value is -4.20. The molecular formula is C24H21N3O5. The van der Waals surface area contributed by atoms with Gasteiger partial charge < -0.3 is 15.2 Å². The molecule has 0 radical (unpaired) electrons. The van der Waals surface area contributed by atoms with Crippen LogP contribution in [0.2, 0.25) is 0 Å². The van der Waals surface area contributed by atoms with E-state index in [1.165, 1.54) is 25.0 Å². The molecule has 2 aromatic carbocycles. The number of esters is 1. The van der Waals surface area contributed by atoms with Gasteiger partial charge in [-0.3, -0.25) is 19.5 Å². The Morgan fingerprint density at radius 2 is 1.97 bits per heavy atom. The Kier molecular flexibility index (Phi) is 5.59. The van der Waals surface area contributed by atoms with Crippen LogP contribution in [0.1, 0.15) is 18.1 Å². The van der Waals surface area contributed by atoms with Crippen molar-refractivity contribution in [1.29, 1.82) is 0 Å². The van der Waals surface area contributed by atoms with Gasteiger partial charge in [0.15, 0.2) is 0 Å². The lowest BCUT2D eigenvalue weighted by Crippen LogP contribution is -2.45. The topological polar surface area (TPSA) is 109 Å². The van der Waals surface area contributed by atoms with Crippen LogP contribution in [0.25, 0.3) is 22.6 Å². The molecule has 2 heterocycles. The highest BCUT2D eigenvalue weighted by molar-refractivity contribution is 6.36. The number of phenolic OH excluding ortho intramolecular Hbond substituents is 1. The maximum atomic E-state index is 13.3. The van der Waals surface area contributed by atoms with E-state index in [2.05, 4.69) is 15.0 Å². The number of rotatable bonds is 5. The van der Waals surface area contributed by atoms with Gasteiger partial charge in [0, 0.05) is 22.7 Å². The minimum Gasteiger partial charge on any atom is -0.506 e. The van der Waals surface area contributed by atoms with E-state index in [9.17, 15) is 19.5 Å². The number of methoxy groups -OCH3 is 1. The first-order valence-corrected chi connectivity index (χ1v) is 9.97. The normalized spacial score (nSPS) is 15.0. The second-order valence-electron chi connectivity index (χ2n) is 7.35. The summed E-state index contributed by atoms with van der Waals surface area (Å²) in [6.45, 7) is 1.27. The van der Waals surface area contributed by atoms with Gasteiger partial charge in [-0.25, -0.2) is 4.79 Å². The Balaban J connectivity index is 1.69. The average Bonchev–Trinajstić information content (AvgIpc) is 3.06. The van der Waals surface area contributed by atoms with Crippen molar-refractivity contribution < 1.29 is 24.2 Å². The number of amides is 2. The number of hydrogen-bond acceptors (Lipinski definition) is 6. The van der Waals surface area contributed by atoms with E-state index in [-0.39, 0.29) is 18.2 Å². The summed E-state index contributed by atoms with van der Waals surface area (Å²) in [5.74, 6) is -1.33.